The van der Waals surface area contributed by atoms with Gasteiger partial charge in [-0.1, -0.05) is 0 Å². The van der Waals surface area contributed by atoms with E-state index in [0.29, 0.717) is 0 Å². The lowest BCUT2D eigenvalue weighted by Gasteiger charge is -2.11. The first-order valence-corrected chi connectivity index (χ1v) is 3.89. The molecule has 1 atom stereocenters. The molecule has 0 aromatic carbocycles. The summed E-state index contributed by atoms with van der Waals surface area (Å²) in [7, 11) is 0. The van der Waals surface area contributed by atoms with Crippen molar-refractivity contribution in [2.24, 2.45) is 5.16 Å². The van der Waals surface area contributed by atoms with Gasteiger partial charge in [0, 0.05) is 6.72 Å². The van der Waals surface area contributed by atoms with Crippen molar-refractivity contribution in [3.05, 3.63) is 0 Å². The van der Waals surface area contributed by atoms with Crippen LogP contribution in [0.2, 0.25) is 0 Å². The number of esters is 1. The third-order valence-corrected chi connectivity index (χ3v) is 1.22. The third-order valence-electron chi connectivity index (χ3n) is 1.22. The minimum Gasteiger partial charge on any atom is -0.463 e. The summed E-state index contributed by atoms with van der Waals surface area (Å²) in [5.41, 5.74) is 0. The summed E-state index contributed by atoms with van der Waals surface area (Å²) in [6.45, 7) is 6.33. The Morgan fingerprint density at radius 1 is 1.54 bits per heavy atom. The van der Waals surface area contributed by atoms with Crippen LogP contribution >= 0.6 is 0 Å². The first kappa shape index (κ1) is 11.6. The van der Waals surface area contributed by atoms with Crippen LogP contribution in [0.25, 0.3) is 0 Å². The maximum Gasteiger partial charge on any atom is 0.350 e. The Morgan fingerprint density at radius 2 is 2.15 bits per heavy atom. The number of Topliss-reactive ketones (excluding diaryl/α,β-unsaturated/α-hetero) is 1. The number of hydrogen-bond acceptors (Lipinski definition) is 5. The normalized spacial score (nSPS) is 11.5. The molecule has 0 saturated heterocycles. The Balaban J connectivity index is 4.13. The summed E-state index contributed by atoms with van der Waals surface area (Å²) in [6, 6.07) is 0. The molecule has 0 aromatic rings. The monoisotopic (exact) mass is 187 g/mol. The van der Waals surface area contributed by atoms with Gasteiger partial charge in [0.1, 0.15) is 5.78 Å². The fraction of sp³-hybridized carbons (Fsp3) is 0.625. The van der Waals surface area contributed by atoms with E-state index >= 15 is 0 Å². The zero-order valence-corrected chi connectivity index (χ0v) is 7.78. The van der Waals surface area contributed by atoms with Gasteiger partial charge in [-0.25, -0.2) is 4.79 Å². The highest BCUT2D eigenvalue weighted by Crippen LogP contribution is 2.02. The predicted molar refractivity (Wildman–Crippen MR) is 46.4 cm³/mol. The summed E-state index contributed by atoms with van der Waals surface area (Å²) < 4.78 is 4.65. The molecule has 0 saturated carbocycles. The molecule has 5 heteroatoms. The second kappa shape index (κ2) is 6.16. The van der Waals surface area contributed by atoms with Crippen LogP contribution < -0.4 is 0 Å². The molecule has 0 heterocycles. The molecule has 0 aliphatic carbocycles. The van der Waals surface area contributed by atoms with Gasteiger partial charge in [-0.05, 0) is 13.8 Å². The van der Waals surface area contributed by atoms with Crippen molar-refractivity contribution >= 4 is 18.5 Å². The van der Waals surface area contributed by atoms with Crippen molar-refractivity contribution in [1.82, 2.24) is 0 Å². The van der Waals surface area contributed by atoms with Crippen LogP contribution in [0.3, 0.4) is 0 Å². The Hall–Kier alpha value is -1.39. The van der Waals surface area contributed by atoms with Crippen molar-refractivity contribution in [3.8, 4) is 0 Å². The number of carbonyl (C=O) groups excluding carboxylic acids is 2. The first-order chi connectivity index (χ1) is 6.11. The predicted octanol–water partition coefficient (Wildman–Crippen LogP) is 0.529. The van der Waals surface area contributed by atoms with Crippen molar-refractivity contribution in [2.75, 3.05) is 6.61 Å². The van der Waals surface area contributed by atoms with E-state index < -0.39 is 12.1 Å². The average Bonchev–Trinajstić information content (AvgIpc) is 2.03. The molecule has 0 fully saturated rings. The smallest absolute Gasteiger partial charge is 0.350 e. The van der Waals surface area contributed by atoms with E-state index in [1.807, 2.05) is 0 Å². The van der Waals surface area contributed by atoms with E-state index in [0.717, 1.165) is 0 Å². The molecule has 0 N–H and O–H groups in total. The van der Waals surface area contributed by atoms with Gasteiger partial charge in [0.15, 0.2) is 0 Å². The van der Waals surface area contributed by atoms with E-state index in [1.165, 1.54) is 6.92 Å². The molecular formula is C8H13NO4. The minimum atomic E-state index is -0.963. The zero-order chi connectivity index (χ0) is 10.3. The maximum atomic E-state index is 11.1. The number of oxime groups is 1. The van der Waals surface area contributed by atoms with Crippen molar-refractivity contribution in [1.29, 1.82) is 0 Å². The number of nitrogens with zero attached hydrogens (tertiary/aromatic N) is 1. The second-order valence-electron chi connectivity index (χ2n) is 2.38. The molecular weight excluding hydrogens is 174 g/mol. The molecule has 0 amide bonds. The number of carbonyl (C=O) groups is 2. The quantitative estimate of drug-likeness (QED) is 0.345. The Kier molecular flexibility index (Phi) is 5.50. The van der Waals surface area contributed by atoms with Gasteiger partial charge in [-0.3, -0.25) is 4.79 Å². The number of hydrogen-bond donors (Lipinski definition) is 0. The standard InChI is InChI=1S/C8H13NO4/c1-4-12-8(11)7(13-9-3)5-6(2)10/h7H,3-5H2,1-2H3. The van der Waals surface area contributed by atoms with Gasteiger partial charge < -0.3 is 9.57 Å². The Labute approximate surface area is 76.7 Å². The molecule has 0 spiro atoms. The van der Waals surface area contributed by atoms with Crippen molar-refractivity contribution in [2.45, 2.75) is 26.4 Å². The van der Waals surface area contributed by atoms with Gasteiger partial charge in [0.25, 0.3) is 0 Å². The highest BCUT2D eigenvalue weighted by Gasteiger charge is 2.23. The van der Waals surface area contributed by atoms with Crippen molar-refractivity contribution in [3.63, 3.8) is 0 Å². The van der Waals surface area contributed by atoms with Crippen LogP contribution in [-0.4, -0.2) is 31.2 Å². The Bertz CT molecular complexity index is 202. The van der Waals surface area contributed by atoms with Crippen LogP contribution in [0.5, 0.6) is 0 Å². The van der Waals surface area contributed by atoms with E-state index in [-0.39, 0.29) is 18.8 Å². The van der Waals surface area contributed by atoms with E-state index in [4.69, 9.17) is 0 Å². The second-order valence-corrected chi connectivity index (χ2v) is 2.38. The summed E-state index contributed by atoms with van der Waals surface area (Å²) >= 11 is 0. The summed E-state index contributed by atoms with van der Waals surface area (Å²) in [4.78, 5) is 26.4. The lowest BCUT2D eigenvalue weighted by Crippen LogP contribution is -2.27. The summed E-state index contributed by atoms with van der Waals surface area (Å²) in [6.07, 6.45) is -1.01. The molecule has 0 radical (unpaired) electrons. The molecule has 0 aliphatic heterocycles. The van der Waals surface area contributed by atoms with E-state index in [2.05, 4.69) is 21.4 Å². The molecule has 0 aliphatic rings. The molecule has 5 nitrogen and oxygen atoms in total. The third kappa shape index (κ3) is 4.95. The van der Waals surface area contributed by atoms with Gasteiger partial charge in [0.05, 0.1) is 13.0 Å². The SMILES string of the molecule is C=NOC(CC(C)=O)C(=O)OCC. The van der Waals surface area contributed by atoms with Crippen LogP contribution in [0.1, 0.15) is 20.3 Å². The molecule has 74 valence electrons. The number of ketones is 1. The van der Waals surface area contributed by atoms with E-state index in [9.17, 15) is 9.59 Å². The van der Waals surface area contributed by atoms with Crippen LogP contribution in [0, 0.1) is 0 Å². The van der Waals surface area contributed by atoms with Crippen LogP contribution in [0.15, 0.2) is 5.16 Å². The fourth-order valence-corrected chi connectivity index (χ4v) is 0.750. The van der Waals surface area contributed by atoms with Crippen LogP contribution in [-0.2, 0) is 19.2 Å². The lowest BCUT2D eigenvalue weighted by molar-refractivity contribution is -0.158. The largest absolute Gasteiger partial charge is 0.463 e. The average molecular weight is 187 g/mol. The lowest BCUT2D eigenvalue weighted by atomic mass is 10.2. The zero-order valence-electron chi connectivity index (χ0n) is 7.78. The van der Waals surface area contributed by atoms with Crippen molar-refractivity contribution < 1.29 is 19.2 Å². The maximum absolute atomic E-state index is 11.1. The summed E-state index contributed by atoms with van der Waals surface area (Å²) in [5.74, 6) is -0.758. The number of rotatable bonds is 6. The topological polar surface area (TPSA) is 65.0 Å². The number of ether oxygens (including phenoxy) is 1. The molecule has 0 rings (SSSR count). The first-order valence-electron chi connectivity index (χ1n) is 3.89. The molecule has 13 heavy (non-hydrogen) atoms. The van der Waals surface area contributed by atoms with E-state index in [1.54, 1.807) is 6.92 Å². The summed E-state index contributed by atoms with van der Waals surface area (Å²) in [5, 5.41) is 3.09. The van der Waals surface area contributed by atoms with Gasteiger partial charge >= 0.3 is 5.97 Å². The van der Waals surface area contributed by atoms with Gasteiger partial charge in [0.2, 0.25) is 6.10 Å². The fourth-order valence-electron chi connectivity index (χ4n) is 0.750. The van der Waals surface area contributed by atoms with Crippen LogP contribution in [0.4, 0.5) is 0 Å². The van der Waals surface area contributed by atoms with Gasteiger partial charge in [-0.2, -0.15) is 0 Å². The highest BCUT2D eigenvalue weighted by atomic mass is 16.7. The molecule has 1 unspecified atom stereocenters. The molecule has 0 aromatic heterocycles. The minimum absolute atomic E-state index is 0.0438. The molecule has 0 bridgehead atoms. The Morgan fingerprint density at radius 3 is 2.54 bits per heavy atom. The van der Waals surface area contributed by atoms with Gasteiger partial charge in [-0.15, -0.1) is 5.16 Å². The highest BCUT2D eigenvalue weighted by molar-refractivity contribution is 5.84.